The number of fused-ring (bicyclic) bond motifs is 3. The van der Waals surface area contributed by atoms with Gasteiger partial charge in [0, 0.05) is 74.6 Å². The summed E-state index contributed by atoms with van der Waals surface area (Å²) in [6.07, 6.45) is 8.61. The topological polar surface area (TPSA) is 163 Å². The molecule has 328 valence electrons. The van der Waals surface area contributed by atoms with Crippen LogP contribution in [0.2, 0.25) is 0 Å². The van der Waals surface area contributed by atoms with Crippen LogP contribution in [-0.2, 0) is 19.0 Å². The average molecular weight is 873 g/mol. The van der Waals surface area contributed by atoms with E-state index in [2.05, 4.69) is 26.3 Å². The summed E-state index contributed by atoms with van der Waals surface area (Å²) in [6, 6.07) is 18.7. The van der Waals surface area contributed by atoms with Crippen LogP contribution in [0.5, 0.6) is 0 Å². The van der Waals surface area contributed by atoms with Gasteiger partial charge in [-0.25, -0.2) is 23.6 Å². The molecule has 16 nitrogen and oxygen atoms in total. The minimum atomic E-state index is -0.821. The van der Waals surface area contributed by atoms with Crippen LogP contribution < -0.4 is 16.3 Å². The number of hydrogen-bond acceptors (Lipinski definition) is 9. The zero-order valence-electron chi connectivity index (χ0n) is 36.9. The number of carbonyl (C=O) groups is 1. The van der Waals surface area contributed by atoms with E-state index in [4.69, 9.17) is 9.62 Å². The number of benzene rings is 3. The Hall–Kier alpha value is -7.82. The number of nitrogens with one attached hydrogen (secondary N) is 1. The van der Waals surface area contributed by atoms with Crippen molar-refractivity contribution < 1.29 is 13.7 Å². The van der Waals surface area contributed by atoms with Crippen LogP contribution in [0.1, 0.15) is 70.1 Å². The van der Waals surface area contributed by atoms with Crippen molar-refractivity contribution in [2.24, 2.45) is 7.05 Å². The van der Waals surface area contributed by atoms with Gasteiger partial charge in [-0.15, -0.1) is 0 Å². The Bertz CT molecular complexity index is 3530. The lowest BCUT2D eigenvalue weighted by Gasteiger charge is -2.34. The minimum absolute atomic E-state index is 0.241. The third-order valence-electron chi connectivity index (χ3n) is 13.4. The number of carbonyl (C=O) groups excluding carboxylic acids is 1. The van der Waals surface area contributed by atoms with E-state index in [1.54, 1.807) is 69.3 Å². The van der Waals surface area contributed by atoms with Crippen LogP contribution in [0.3, 0.4) is 0 Å². The molecule has 6 aromatic heterocycles. The van der Waals surface area contributed by atoms with Crippen molar-refractivity contribution in [3.8, 4) is 28.3 Å². The number of rotatable bonds is 8. The van der Waals surface area contributed by atoms with Crippen LogP contribution in [0, 0.1) is 26.6 Å². The molecule has 1 atom stereocenters. The molecule has 9 aromatic rings. The first-order chi connectivity index (χ1) is 31.2. The molecule has 0 unspecified atom stereocenters. The van der Waals surface area contributed by atoms with Gasteiger partial charge in [0.05, 0.1) is 34.8 Å². The fourth-order valence-electron chi connectivity index (χ4n) is 9.98. The first kappa shape index (κ1) is 40.0. The predicted molar refractivity (Wildman–Crippen MR) is 243 cm³/mol. The maximum Gasteiger partial charge on any atom is 0.438 e. The number of amides is 1. The van der Waals surface area contributed by atoms with Crippen LogP contribution in [0.15, 0.2) is 99.6 Å². The van der Waals surface area contributed by atoms with Crippen LogP contribution >= 0.6 is 0 Å². The number of nitrogens with zero attached hydrogens (tertiary/aromatic N) is 11. The highest BCUT2D eigenvalue weighted by molar-refractivity contribution is 6.01. The molecule has 3 aromatic carbocycles. The molecule has 65 heavy (non-hydrogen) atoms. The van der Waals surface area contributed by atoms with Crippen LogP contribution in [-0.4, -0.2) is 79.8 Å². The fraction of sp³-hybridized carbons (Fsp3) is 0.271. The van der Waals surface area contributed by atoms with E-state index in [9.17, 15) is 9.59 Å². The molecule has 1 aliphatic carbocycles. The number of imidazole rings is 1. The summed E-state index contributed by atoms with van der Waals surface area (Å²) in [5.41, 5.74) is 7.53. The second-order valence-corrected chi connectivity index (χ2v) is 17.6. The Kier molecular flexibility index (Phi) is 8.83. The van der Waals surface area contributed by atoms with Crippen molar-refractivity contribution in [1.82, 2.24) is 53.3 Å². The quantitative estimate of drug-likeness (QED) is 0.173. The first-order valence-corrected chi connectivity index (χ1v) is 21.5. The number of aromatic nitrogens is 10. The normalized spacial score (nSPS) is 15.6. The average Bonchev–Trinajstić information content (AvgIpc) is 3.74. The predicted octanol–water partition coefficient (Wildman–Crippen LogP) is 6.82. The molecule has 1 aliphatic heterocycles. The minimum Gasteiger partial charge on any atom is -0.363 e. The van der Waals surface area contributed by atoms with E-state index in [-0.39, 0.29) is 17.4 Å². The van der Waals surface area contributed by atoms with E-state index in [0.29, 0.717) is 71.2 Å². The second kappa shape index (κ2) is 14.4. The summed E-state index contributed by atoms with van der Waals surface area (Å²) in [5.74, 6) is 0.445. The van der Waals surface area contributed by atoms with Gasteiger partial charge >= 0.3 is 11.4 Å². The van der Waals surface area contributed by atoms with Crippen molar-refractivity contribution in [1.29, 1.82) is 0 Å². The second-order valence-electron chi connectivity index (χ2n) is 17.6. The van der Waals surface area contributed by atoms with E-state index in [1.807, 2.05) is 91.8 Å². The fourth-order valence-corrected chi connectivity index (χ4v) is 9.98. The highest BCUT2D eigenvalue weighted by atomic mass is 19.1. The van der Waals surface area contributed by atoms with Crippen LogP contribution in [0.4, 0.5) is 10.2 Å². The molecule has 1 saturated carbocycles. The lowest BCUT2D eigenvalue weighted by Crippen LogP contribution is -2.41. The van der Waals surface area contributed by atoms with Gasteiger partial charge in [0.15, 0.2) is 5.82 Å². The molecule has 2 aliphatic rings. The number of anilines is 1. The summed E-state index contributed by atoms with van der Waals surface area (Å²) in [5, 5.41) is 15.3. The molecule has 0 spiro atoms. The van der Waals surface area contributed by atoms with Crippen molar-refractivity contribution in [2.45, 2.75) is 58.5 Å². The third kappa shape index (κ3) is 6.04. The molecule has 17 heteroatoms. The van der Waals surface area contributed by atoms with E-state index in [1.165, 1.54) is 0 Å². The van der Waals surface area contributed by atoms with Crippen molar-refractivity contribution in [3.63, 3.8) is 0 Å². The van der Waals surface area contributed by atoms with E-state index in [0.717, 1.165) is 50.0 Å². The van der Waals surface area contributed by atoms with Gasteiger partial charge in [0.25, 0.3) is 5.91 Å². The molecule has 11 rings (SSSR count). The third-order valence-corrected chi connectivity index (χ3v) is 13.4. The Morgan fingerprint density at radius 2 is 1.68 bits per heavy atom. The molecule has 0 saturated heterocycles. The highest BCUT2D eigenvalue weighted by Gasteiger charge is 2.52. The van der Waals surface area contributed by atoms with Gasteiger partial charge in [-0.2, -0.15) is 10.2 Å². The lowest BCUT2D eigenvalue weighted by molar-refractivity contribution is 0.0664. The van der Waals surface area contributed by atoms with Crippen molar-refractivity contribution in [2.75, 3.05) is 25.5 Å². The number of H-pyrrole nitrogens is 1. The first-order valence-electron chi connectivity index (χ1n) is 21.5. The summed E-state index contributed by atoms with van der Waals surface area (Å²) in [6.45, 7) is 7.74. The smallest absolute Gasteiger partial charge is 0.363 e. The van der Waals surface area contributed by atoms with Crippen LogP contribution in [0.25, 0.3) is 50.1 Å². The Morgan fingerprint density at radius 3 is 2.40 bits per heavy atom. The van der Waals surface area contributed by atoms with E-state index < -0.39 is 17.3 Å². The van der Waals surface area contributed by atoms with Crippen molar-refractivity contribution >= 4 is 33.5 Å². The standard InChI is InChI=1S/C48H45FN12O4/c1-26-20-34(21-27(2)41(26)49)61-43(59-19-18-58(47(59)64)33-9-11-37-32(23-33)25-51-56(37)7)40-29(4)57(17-13-36(40)53-61)44(62)39-24-31-22-30(35-12-16-50-42(28(35)3)55(5)6)8-10-38(31)60(39)48(14-15-48)45-52-46(63)65-54-45/h8-12,16,18-25,29H,13-15,17H2,1-7H3,(H,52,54,63)/t29-/m0/s1. The zero-order valence-corrected chi connectivity index (χ0v) is 36.9. The monoisotopic (exact) mass is 872 g/mol. The van der Waals surface area contributed by atoms with Gasteiger partial charge in [0.2, 0.25) is 0 Å². The summed E-state index contributed by atoms with van der Waals surface area (Å²) < 4.78 is 28.7. The Labute approximate surface area is 370 Å². The number of aromatic amines is 1. The van der Waals surface area contributed by atoms with Gasteiger partial charge in [-0.3, -0.25) is 28.1 Å². The molecule has 1 N–H and O–H groups in total. The van der Waals surface area contributed by atoms with Crippen molar-refractivity contribution in [3.05, 3.63) is 152 Å². The SMILES string of the molecule is Cc1cc(-n2nc3c(c2-n2ccn(-c4ccc5c(cnn5C)c4)c2=O)[C@H](C)N(C(=O)c2cc4cc(-c5ccnc(N(C)C)c5C)ccc4n2C2(c4noc(=O)[nH]4)CC2)CC3)cc(C)c1F. The molecule has 1 fully saturated rings. The maximum absolute atomic E-state index is 15.5. The molecular formula is C48H45FN12O4. The molecular weight excluding hydrogens is 828 g/mol. The van der Waals surface area contributed by atoms with Gasteiger partial charge in [-0.05, 0) is 123 Å². The number of halogens is 1. The molecule has 0 bridgehead atoms. The van der Waals surface area contributed by atoms with Gasteiger partial charge in [-0.1, -0.05) is 11.2 Å². The molecule has 7 heterocycles. The van der Waals surface area contributed by atoms with Gasteiger partial charge in [0.1, 0.15) is 28.7 Å². The summed E-state index contributed by atoms with van der Waals surface area (Å²) in [7, 11) is 5.80. The number of pyridine rings is 1. The Morgan fingerprint density at radius 1 is 0.923 bits per heavy atom. The summed E-state index contributed by atoms with van der Waals surface area (Å²) >= 11 is 0. The summed E-state index contributed by atoms with van der Waals surface area (Å²) in [4.78, 5) is 53.7. The molecule has 0 radical (unpaired) electrons. The molecule has 1 amide bonds. The number of hydrogen-bond donors (Lipinski definition) is 1. The highest BCUT2D eigenvalue weighted by Crippen LogP contribution is 2.51. The number of aryl methyl sites for hydroxylation is 3. The Balaban J connectivity index is 1.06. The zero-order chi connectivity index (χ0) is 45.2. The maximum atomic E-state index is 15.5. The van der Waals surface area contributed by atoms with E-state index >= 15 is 9.18 Å². The largest absolute Gasteiger partial charge is 0.438 e. The van der Waals surface area contributed by atoms with Gasteiger partial charge < -0.3 is 14.4 Å². The lowest BCUT2D eigenvalue weighted by atomic mass is 9.98.